The van der Waals surface area contributed by atoms with Gasteiger partial charge >= 0.3 is 0 Å². The topological polar surface area (TPSA) is 45.9 Å². The maximum Gasteiger partial charge on any atom is 0.141 e. The van der Waals surface area contributed by atoms with Crippen molar-refractivity contribution in [1.82, 2.24) is 0 Å². The summed E-state index contributed by atoms with van der Waals surface area (Å²) < 4.78 is 0. The largest absolute Gasteiger partial charge is 0.303 e. The fourth-order valence-electron chi connectivity index (χ4n) is 0.405. The third-order valence-electron chi connectivity index (χ3n) is 0.842. The molecule has 0 fully saturated rings. The molecule has 43 valence electrons. The molecule has 0 aliphatic rings. The molecule has 0 aromatic heterocycles. The summed E-state index contributed by atoms with van der Waals surface area (Å²) in [6.45, 7) is 2.04. The first-order valence-corrected chi connectivity index (χ1v) is 2.68. The molecule has 0 amide bonds. The van der Waals surface area contributed by atoms with E-state index in [2.05, 4.69) is 0 Å². The molecule has 0 saturated carbocycles. The lowest BCUT2D eigenvalue weighted by molar-refractivity contribution is 0.0851. The average Bonchev–Trinajstić information content (AvgIpc) is 1.61. The van der Waals surface area contributed by atoms with Crippen LogP contribution in [0.2, 0.25) is 0 Å². The Morgan fingerprint density at radius 2 is 2.29 bits per heavy atom. The van der Waals surface area contributed by atoms with Crippen LogP contribution in [0.3, 0.4) is 0 Å². The normalized spacial score (nSPS) is 14.1. The Labute approximate surface area is 44.3 Å². The second kappa shape index (κ2) is 4.09. The lowest BCUT2D eigenvalue weighted by atomic mass is 10.2. The molecule has 0 spiro atoms. The van der Waals surface area contributed by atoms with Gasteiger partial charge in [0.2, 0.25) is 0 Å². The monoisotopic (exact) mass is 102 g/mol. The Kier molecular flexibility index (Phi) is 4.04. The molecular weight excluding hydrogens is 90.1 g/mol. The zero-order chi connectivity index (χ0) is 5.70. The molecule has 0 heterocycles. The van der Waals surface area contributed by atoms with E-state index in [-0.39, 0.29) is 0 Å². The van der Waals surface area contributed by atoms with Gasteiger partial charge in [0.1, 0.15) is 6.23 Å². The van der Waals surface area contributed by atoms with Crippen molar-refractivity contribution in [3.63, 3.8) is 0 Å². The standard InChI is InChI=1S/C5H12NO/c1-2-3-4-5(6)7/h5H,2-4,6H2,1H3. The summed E-state index contributed by atoms with van der Waals surface area (Å²) in [5.41, 5.74) is 4.92. The number of nitrogens with two attached hydrogens (primary N) is 1. The van der Waals surface area contributed by atoms with Gasteiger partial charge in [-0.25, -0.2) is 5.11 Å². The summed E-state index contributed by atoms with van der Waals surface area (Å²) in [5.74, 6) is 0. The third-order valence-corrected chi connectivity index (χ3v) is 0.842. The minimum atomic E-state index is -0.847. The number of unbranched alkanes of at least 4 members (excludes halogenated alkanes) is 1. The molecule has 0 rings (SSSR count). The van der Waals surface area contributed by atoms with E-state index in [1.807, 2.05) is 6.92 Å². The van der Waals surface area contributed by atoms with Crippen LogP contribution >= 0.6 is 0 Å². The molecule has 0 bridgehead atoms. The van der Waals surface area contributed by atoms with Gasteiger partial charge in [0.25, 0.3) is 0 Å². The Balaban J connectivity index is 2.68. The number of hydrogen-bond acceptors (Lipinski definition) is 1. The van der Waals surface area contributed by atoms with Gasteiger partial charge in [0.05, 0.1) is 0 Å². The molecule has 2 nitrogen and oxygen atoms in total. The van der Waals surface area contributed by atoms with Crippen molar-refractivity contribution < 1.29 is 5.11 Å². The predicted molar refractivity (Wildman–Crippen MR) is 28.2 cm³/mol. The van der Waals surface area contributed by atoms with Gasteiger partial charge in [-0.1, -0.05) is 13.3 Å². The van der Waals surface area contributed by atoms with Gasteiger partial charge in [-0.3, -0.25) is 0 Å². The summed E-state index contributed by atoms with van der Waals surface area (Å²) in [4.78, 5) is 0. The van der Waals surface area contributed by atoms with E-state index in [0.29, 0.717) is 6.42 Å². The maximum atomic E-state index is 10.1. The van der Waals surface area contributed by atoms with Crippen LogP contribution in [-0.2, 0) is 5.11 Å². The predicted octanol–water partition coefficient (Wildman–Crippen LogP) is 0.892. The molecule has 0 saturated heterocycles. The summed E-state index contributed by atoms with van der Waals surface area (Å²) in [5, 5.41) is 10.1. The van der Waals surface area contributed by atoms with E-state index in [4.69, 9.17) is 5.73 Å². The smallest absolute Gasteiger partial charge is 0.141 e. The van der Waals surface area contributed by atoms with E-state index in [1.54, 1.807) is 0 Å². The molecule has 0 aromatic carbocycles. The van der Waals surface area contributed by atoms with Crippen molar-refractivity contribution >= 4 is 0 Å². The first-order valence-electron chi connectivity index (χ1n) is 2.68. The van der Waals surface area contributed by atoms with E-state index in [9.17, 15) is 5.11 Å². The van der Waals surface area contributed by atoms with Crippen molar-refractivity contribution in [3.8, 4) is 0 Å². The zero-order valence-electron chi connectivity index (χ0n) is 4.68. The fourth-order valence-corrected chi connectivity index (χ4v) is 0.405. The first-order chi connectivity index (χ1) is 3.27. The Bertz CT molecular complexity index is 37.1. The first kappa shape index (κ1) is 6.92. The van der Waals surface area contributed by atoms with Crippen molar-refractivity contribution in [2.24, 2.45) is 5.73 Å². The van der Waals surface area contributed by atoms with Crippen LogP contribution in [0.1, 0.15) is 26.2 Å². The molecular formula is C5H12NO. The second-order valence-corrected chi connectivity index (χ2v) is 1.68. The Morgan fingerprint density at radius 3 is 2.43 bits per heavy atom. The van der Waals surface area contributed by atoms with Gasteiger partial charge in [-0.05, 0) is 12.8 Å². The summed E-state index contributed by atoms with van der Waals surface area (Å²) in [6.07, 6.45) is 1.80. The molecule has 0 aliphatic heterocycles. The van der Waals surface area contributed by atoms with E-state index in [0.717, 1.165) is 12.8 Å². The molecule has 1 radical (unpaired) electrons. The minimum Gasteiger partial charge on any atom is -0.303 e. The van der Waals surface area contributed by atoms with Crippen molar-refractivity contribution in [1.29, 1.82) is 0 Å². The summed E-state index contributed by atoms with van der Waals surface area (Å²) >= 11 is 0. The highest BCUT2D eigenvalue weighted by molar-refractivity contribution is 4.41. The molecule has 1 unspecified atom stereocenters. The van der Waals surface area contributed by atoms with Crippen LogP contribution in [-0.4, -0.2) is 6.23 Å². The van der Waals surface area contributed by atoms with Gasteiger partial charge in [0, 0.05) is 0 Å². The molecule has 0 aromatic rings. The average molecular weight is 102 g/mol. The molecule has 7 heavy (non-hydrogen) atoms. The Hall–Kier alpha value is -0.0800. The lowest BCUT2D eigenvalue weighted by Crippen LogP contribution is -2.15. The van der Waals surface area contributed by atoms with Crippen LogP contribution in [0.15, 0.2) is 0 Å². The van der Waals surface area contributed by atoms with Crippen LogP contribution < -0.4 is 5.73 Å². The van der Waals surface area contributed by atoms with Gasteiger partial charge < -0.3 is 5.73 Å². The highest BCUT2D eigenvalue weighted by Crippen LogP contribution is 1.94. The summed E-state index contributed by atoms with van der Waals surface area (Å²) in [6, 6.07) is 0. The van der Waals surface area contributed by atoms with Crippen LogP contribution in [0.4, 0.5) is 0 Å². The van der Waals surface area contributed by atoms with Crippen molar-refractivity contribution in [3.05, 3.63) is 0 Å². The number of rotatable bonds is 3. The number of hydrogen-bond donors (Lipinski definition) is 1. The highest BCUT2D eigenvalue weighted by Gasteiger charge is 1.92. The van der Waals surface area contributed by atoms with Crippen LogP contribution in [0.25, 0.3) is 0 Å². The second-order valence-electron chi connectivity index (χ2n) is 1.68. The molecule has 2 heteroatoms. The Morgan fingerprint density at radius 1 is 1.71 bits per heavy atom. The third kappa shape index (κ3) is 5.92. The van der Waals surface area contributed by atoms with Crippen LogP contribution in [0.5, 0.6) is 0 Å². The van der Waals surface area contributed by atoms with E-state index in [1.165, 1.54) is 0 Å². The highest BCUT2D eigenvalue weighted by atomic mass is 16.3. The van der Waals surface area contributed by atoms with Gasteiger partial charge in [0.15, 0.2) is 0 Å². The van der Waals surface area contributed by atoms with Gasteiger partial charge in [-0.15, -0.1) is 0 Å². The van der Waals surface area contributed by atoms with E-state index >= 15 is 0 Å². The SMILES string of the molecule is CCCCC(N)[O]. The minimum absolute atomic E-state index is 0.622. The van der Waals surface area contributed by atoms with E-state index < -0.39 is 6.23 Å². The maximum absolute atomic E-state index is 10.1. The quantitative estimate of drug-likeness (QED) is 0.528. The fraction of sp³-hybridized carbons (Fsp3) is 1.00. The van der Waals surface area contributed by atoms with Crippen molar-refractivity contribution in [2.75, 3.05) is 0 Å². The van der Waals surface area contributed by atoms with Gasteiger partial charge in [-0.2, -0.15) is 0 Å². The van der Waals surface area contributed by atoms with Crippen LogP contribution in [0, 0.1) is 0 Å². The molecule has 2 N–H and O–H groups in total. The lowest BCUT2D eigenvalue weighted by Gasteiger charge is -1.95. The molecule has 1 atom stereocenters. The van der Waals surface area contributed by atoms with Crippen molar-refractivity contribution in [2.45, 2.75) is 32.4 Å². The summed E-state index contributed by atoms with van der Waals surface area (Å²) in [7, 11) is 0. The molecule has 0 aliphatic carbocycles. The zero-order valence-corrected chi connectivity index (χ0v) is 4.68.